The molecule has 0 aliphatic rings. The quantitative estimate of drug-likeness (QED) is 0.746. The molecule has 0 radical (unpaired) electrons. The van der Waals surface area contributed by atoms with Crippen molar-refractivity contribution in [2.24, 2.45) is 5.73 Å². The number of carbonyl (C=O) groups is 2. The van der Waals surface area contributed by atoms with Gasteiger partial charge < -0.3 is 10.6 Å². The minimum Gasteiger partial charge on any atom is -0.368 e. The fraction of sp³-hybridized carbons (Fsp3) is 0.278. The highest BCUT2D eigenvalue weighted by molar-refractivity contribution is 7.20. The Morgan fingerprint density at radius 1 is 1.31 bits per heavy atom. The molecule has 2 amide bonds. The zero-order valence-electron chi connectivity index (χ0n) is 14.7. The van der Waals surface area contributed by atoms with Gasteiger partial charge in [-0.25, -0.2) is 9.07 Å². The summed E-state index contributed by atoms with van der Waals surface area (Å²) in [7, 11) is 0. The van der Waals surface area contributed by atoms with Gasteiger partial charge in [-0.3, -0.25) is 9.59 Å². The van der Waals surface area contributed by atoms with Crippen molar-refractivity contribution in [2.75, 3.05) is 6.54 Å². The zero-order chi connectivity index (χ0) is 19.0. The smallest absolute Gasteiger partial charge is 0.264 e. The molecule has 2 aromatic heterocycles. The number of halogens is 1. The number of fused-ring (bicyclic) bond motifs is 1. The molecule has 0 spiro atoms. The van der Waals surface area contributed by atoms with Crippen LogP contribution in [0.1, 0.15) is 29.2 Å². The number of nitrogens with two attached hydrogens (primary N) is 1. The number of aromatic nitrogens is 2. The molecule has 1 aromatic carbocycles. The molecule has 8 heteroatoms. The van der Waals surface area contributed by atoms with E-state index in [1.807, 2.05) is 20.8 Å². The Kier molecular flexibility index (Phi) is 4.78. The van der Waals surface area contributed by atoms with Crippen LogP contribution in [-0.4, -0.2) is 39.1 Å². The highest BCUT2D eigenvalue weighted by Crippen LogP contribution is 2.31. The van der Waals surface area contributed by atoms with E-state index in [4.69, 9.17) is 5.73 Å². The van der Waals surface area contributed by atoms with E-state index in [1.54, 1.807) is 22.9 Å². The second-order valence-corrected chi connectivity index (χ2v) is 7.33. The minimum atomic E-state index is -0.554. The number of primary amides is 1. The molecule has 0 saturated heterocycles. The lowest BCUT2D eigenvalue weighted by Gasteiger charge is -2.24. The monoisotopic (exact) mass is 374 g/mol. The topological polar surface area (TPSA) is 81.2 Å². The molecule has 26 heavy (non-hydrogen) atoms. The number of amides is 2. The van der Waals surface area contributed by atoms with Crippen LogP contribution >= 0.6 is 11.3 Å². The highest BCUT2D eigenvalue weighted by Gasteiger charge is 2.24. The number of nitrogens with zero attached hydrogens (tertiary/aromatic N) is 3. The van der Waals surface area contributed by atoms with Crippen molar-refractivity contribution in [1.29, 1.82) is 0 Å². The van der Waals surface area contributed by atoms with E-state index >= 15 is 0 Å². The Hall–Kier alpha value is -2.74. The summed E-state index contributed by atoms with van der Waals surface area (Å²) < 4.78 is 14.9. The van der Waals surface area contributed by atoms with E-state index in [-0.39, 0.29) is 24.3 Å². The maximum absolute atomic E-state index is 13.2. The van der Waals surface area contributed by atoms with Crippen LogP contribution in [0.5, 0.6) is 0 Å². The third kappa shape index (κ3) is 3.32. The molecule has 0 atom stereocenters. The molecule has 0 fully saturated rings. The van der Waals surface area contributed by atoms with Gasteiger partial charge in [0.1, 0.15) is 10.6 Å². The van der Waals surface area contributed by atoms with Gasteiger partial charge in [-0.15, -0.1) is 11.3 Å². The first kappa shape index (κ1) is 18.1. The van der Waals surface area contributed by atoms with Crippen molar-refractivity contribution < 1.29 is 14.0 Å². The summed E-state index contributed by atoms with van der Waals surface area (Å²) in [5.74, 6) is -1.12. The van der Waals surface area contributed by atoms with Gasteiger partial charge in [0.05, 0.1) is 22.8 Å². The summed E-state index contributed by atoms with van der Waals surface area (Å²) in [5.41, 5.74) is 6.74. The molecule has 0 unspecified atom stereocenters. The van der Waals surface area contributed by atoms with Crippen LogP contribution in [0.25, 0.3) is 15.9 Å². The van der Waals surface area contributed by atoms with Crippen LogP contribution in [0.15, 0.2) is 30.3 Å². The third-order valence-electron chi connectivity index (χ3n) is 4.04. The van der Waals surface area contributed by atoms with Gasteiger partial charge in [0.15, 0.2) is 0 Å². The summed E-state index contributed by atoms with van der Waals surface area (Å²) in [6, 6.07) is 7.62. The number of hydrogen-bond donors (Lipinski definition) is 1. The van der Waals surface area contributed by atoms with E-state index < -0.39 is 5.91 Å². The lowest BCUT2D eigenvalue weighted by atomic mass is 10.2. The minimum absolute atomic E-state index is 0.131. The van der Waals surface area contributed by atoms with Gasteiger partial charge in [0, 0.05) is 11.4 Å². The fourth-order valence-electron chi connectivity index (χ4n) is 2.71. The van der Waals surface area contributed by atoms with Gasteiger partial charge >= 0.3 is 0 Å². The van der Waals surface area contributed by atoms with Crippen LogP contribution in [0, 0.1) is 12.7 Å². The average Bonchev–Trinajstić information content (AvgIpc) is 3.13. The number of hydrogen-bond acceptors (Lipinski definition) is 4. The van der Waals surface area contributed by atoms with Crippen molar-refractivity contribution in [1.82, 2.24) is 14.7 Å². The predicted molar refractivity (Wildman–Crippen MR) is 99.0 cm³/mol. The lowest BCUT2D eigenvalue weighted by Crippen LogP contribution is -2.42. The second-order valence-electron chi connectivity index (χ2n) is 6.30. The summed E-state index contributed by atoms with van der Waals surface area (Å²) >= 11 is 1.29. The third-order valence-corrected chi connectivity index (χ3v) is 5.14. The van der Waals surface area contributed by atoms with Crippen LogP contribution < -0.4 is 5.73 Å². The zero-order valence-corrected chi connectivity index (χ0v) is 15.5. The van der Waals surface area contributed by atoms with Gasteiger partial charge in [0.2, 0.25) is 5.91 Å². The molecule has 2 N–H and O–H groups in total. The van der Waals surface area contributed by atoms with E-state index in [9.17, 15) is 14.0 Å². The lowest BCUT2D eigenvalue weighted by molar-refractivity contribution is -0.119. The Bertz CT molecular complexity index is 975. The molecule has 3 rings (SSSR count). The Balaban J connectivity index is 2.04. The van der Waals surface area contributed by atoms with Gasteiger partial charge in [0.25, 0.3) is 5.91 Å². The first-order valence-corrected chi connectivity index (χ1v) is 8.94. The standard InChI is InChI=1S/C18H19FN4O2S/c1-10(2)22(9-16(20)24)17(25)15-8-14-11(3)21-23(18(14)26-15)13-6-4-12(19)5-7-13/h4-8,10H,9H2,1-3H3,(H2,20,24). The number of rotatable bonds is 5. The maximum atomic E-state index is 13.2. The molecule has 2 heterocycles. The van der Waals surface area contributed by atoms with Crippen molar-refractivity contribution in [3.05, 3.63) is 46.7 Å². The Morgan fingerprint density at radius 3 is 2.54 bits per heavy atom. The van der Waals surface area contributed by atoms with E-state index in [0.29, 0.717) is 10.6 Å². The molecule has 0 aliphatic carbocycles. The largest absolute Gasteiger partial charge is 0.368 e. The van der Waals surface area contributed by atoms with Crippen LogP contribution in [0.3, 0.4) is 0 Å². The summed E-state index contributed by atoms with van der Waals surface area (Å²) in [6.07, 6.45) is 0. The summed E-state index contributed by atoms with van der Waals surface area (Å²) in [5, 5.41) is 5.34. The van der Waals surface area contributed by atoms with Crippen LogP contribution in [-0.2, 0) is 4.79 Å². The molecule has 0 saturated carbocycles. The van der Waals surface area contributed by atoms with Crippen LogP contribution in [0.2, 0.25) is 0 Å². The fourth-order valence-corrected chi connectivity index (χ4v) is 3.85. The highest BCUT2D eigenvalue weighted by atomic mass is 32.1. The van der Waals surface area contributed by atoms with Crippen LogP contribution in [0.4, 0.5) is 4.39 Å². The van der Waals surface area contributed by atoms with Crippen molar-refractivity contribution in [2.45, 2.75) is 26.8 Å². The number of aryl methyl sites for hydroxylation is 1. The number of carbonyl (C=O) groups excluding carboxylic acids is 2. The van der Waals surface area contributed by atoms with Gasteiger partial charge in [-0.1, -0.05) is 0 Å². The molecular weight excluding hydrogens is 355 g/mol. The van der Waals surface area contributed by atoms with Crippen molar-refractivity contribution >= 4 is 33.4 Å². The normalized spacial score (nSPS) is 11.3. The molecule has 3 aromatic rings. The molecule has 136 valence electrons. The Labute approximate surface area is 154 Å². The first-order chi connectivity index (χ1) is 12.3. The molecule has 0 aliphatic heterocycles. The molecular formula is C18H19FN4O2S. The molecule has 6 nitrogen and oxygen atoms in total. The molecule has 0 bridgehead atoms. The number of benzene rings is 1. The van der Waals surface area contributed by atoms with Gasteiger partial charge in [-0.05, 0) is 51.1 Å². The Morgan fingerprint density at radius 2 is 1.96 bits per heavy atom. The van der Waals surface area contributed by atoms with E-state index in [1.165, 1.54) is 28.4 Å². The van der Waals surface area contributed by atoms with Crippen molar-refractivity contribution in [3.63, 3.8) is 0 Å². The summed E-state index contributed by atoms with van der Waals surface area (Å²) in [4.78, 5) is 26.9. The van der Waals surface area contributed by atoms with E-state index in [2.05, 4.69) is 5.10 Å². The number of thiophene rings is 1. The van der Waals surface area contributed by atoms with E-state index in [0.717, 1.165) is 15.9 Å². The van der Waals surface area contributed by atoms with Crippen molar-refractivity contribution in [3.8, 4) is 5.69 Å². The SMILES string of the molecule is Cc1nn(-c2ccc(F)cc2)c2sc(C(=O)N(CC(N)=O)C(C)C)cc12. The predicted octanol–water partition coefficient (Wildman–Crippen LogP) is 2.87. The average molecular weight is 374 g/mol. The van der Waals surface area contributed by atoms with Gasteiger partial charge in [-0.2, -0.15) is 5.10 Å². The maximum Gasteiger partial charge on any atom is 0.264 e. The first-order valence-electron chi connectivity index (χ1n) is 8.12. The summed E-state index contributed by atoms with van der Waals surface area (Å²) in [6.45, 7) is 5.39. The second kappa shape index (κ2) is 6.87.